The van der Waals surface area contributed by atoms with E-state index in [-0.39, 0.29) is 11.5 Å². The molecule has 1 atom stereocenters. The molecule has 9 heteroatoms. The Morgan fingerprint density at radius 2 is 2.28 bits per heavy atom. The van der Waals surface area contributed by atoms with Crippen molar-refractivity contribution in [2.75, 3.05) is 37.4 Å². The highest BCUT2D eigenvalue weighted by atomic mass is 16.5. The maximum atomic E-state index is 11.5. The minimum absolute atomic E-state index is 0.147. The fourth-order valence-corrected chi connectivity index (χ4v) is 3.03. The summed E-state index contributed by atoms with van der Waals surface area (Å²) in [6, 6.07) is 3.69. The molecule has 2 aromatic heterocycles. The van der Waals surface area contributed by atoms with Crippen LogP contribution in [0.25, 0.3) is 0 Å². The Bertz CT molecular complexity index is 779. The van der Waals surface area contributed by atoms with E-state index in [4.69, 9.17) is 10.5 Å². The number of hydrogen-bond donors (Lipinski definition) is 2. The van der Waals surface area contributed by atoms with E-state index < -0.39 is 0 Å². The molecular weight excluding hydrogens is 322 g/mol. The number of rotatable bonds is 6. The predicted molar refractivity (Wildman–Crippen MR) is 94.6 cm³/mol. The summed E-state index contributed by atoms with van der Waals surface area (Å²) < 4.78 is 5.44. The largest absolute Gasteiger partial charge is 0.478 e. The number of nitrogens with zero attached hydrogens (tertiary/aromatic N) is 5. The van der Waals surface area contributed by atoms with Gasteiger partial charge in [-0.2, -0.15) is 0 Å². The molecule has 3 N–H and O–H groups in total. The SMILES string of the molecule is CCOc1cc(N2CC[C@H](N(C)Cc3cc(=O)[nH]c(N)n3)C2)ncn1. The number of ether oxygens (including phenoxy) is 1. The maximum absolute atomic E-state index is 11.5. The molecular formula is C16H23N7O2. The number of H-pyrrole nitrogens is 1. The number of aromatic amines is 1. The monoisotopic (exact) mass is 345 g/mol. The summed E-state index contributed by atoms with van der Waals surface area (Å²) in [6.07, 6.45) is 2.53. The molecule has 3 heterocycles. The van der Waals surface area contributed by atoms with E-state index in [1.54, 1.807) is 0 Å². The molecule has 1 aliphatic heterocycles. The van der Waals surface area contributed by atoms with E-state index in [9.17, 15) is 4.79 Å². The number of nitrogen functional groups attached to an aromatic ring is 1. The van der Waals surface area contributed by atoms with Crippen molar-refractivity contribution in [1.29, 1.82) is 0 Å². The third kappa shape index (κ3) is 4.24. The summed E-state index contributed by atoms with van der Waals surface area (Å²) in [5.41, 5.74) is 6.05. The van der Waals surface area contributed by atoms with Crippen LogP contribution in [-0.4, -0.2) is 57.6 Å². The van der Waals surface area contributed by atoms with Crippen LogP contribution in [0.15, 0.2) is 23.3 Å². The number of nitrogens with two attached hydrogens (primary N) is 1. The molecule has 0 radical (unpaired) electrons. The Hall–Kier alpha value is -2.68. The van der Waals surface area contributed by atoms with Gasteiger partial charge < -0.3 is 15.4 Å². The average Bonchev–Trinajstić information content (AvgIpc) is 3.04. The van der Waals surface area contributed by atoms with Crippen LogP contribution in [-0.2, 0) is 6.54 Å². The highest BCUT2D eigenvalue weighted by Gasteiger charge is 2.27. The highest BCUT2D eigenvalue weighted by molar-refractivity contribution is 5.42. The molecule has 2 aromatic rings. The topological polar surface area (TPSA) is 113 Å². The maximum Gasteiger partial charge on any atom is 0.252 e. The van der Waals surface area contributed by atoms with Crippen LogP contribution in [0.1, 0.15) is 19.0 Å². The second kappa shape index (κ2) is 7.47. The Morgan fingerprint density at radius 3 is 3.04 bits per heavy atom. The second-order valence-electron chi connectivity index (χ2n) is 6.07. The lowest BCUT2D eigenvalue weighted by Gasteiger charge is -2.24. The van der Waals surface area contributed by atoms with Gasteiger partial charge in [0.05, 0.1) is 12.3 Å². The van der Waals surface area contributed by atoms with Crippen LogP contribution in [0.4, 0.5) is 11.8 Å². The summed E-state index contributed by atoms with van der Waals surface area (Å²) in [5.74, 6) is 1.61. The van der Waals surface area contributed by atoms with E-state index in [2.05, 4.69) is 29.7 Å². The van der Waals surface area contributed by atoms with E-state index in [0.29, 0.717) is 30.8 Å². The van der Waals surface area contributed by atoms with Crippen molar-refractivity contribution in [3.8, 4) is 5.88 Å². The van der Waals surface area contributed by atoms with Crippen molar-refractivity contribution >= 4 is 11.8 Å². The number of anilines is 2. The van der Waals surface area contributed by atoms with Gasteiger partial charge in [-0.25, -0.2) is 15.0 Å². The Balaban J connectivity index is 1.63. The Kier molecular flexibility index (Phi) is 5.13. The summed E-state index contributed by atoms with van der Waals surface area (Å²) in [7, 11) is 2.03. The minimum Gasteiger partial charge on any atom is -0.478 e. The van der Waals surface area contributed by atoms with Gasteiger partial charge >= 0.3 is 0 Å². The van der Waals surface area contributed by atoms with Crippen molar-refractivity contribution in [3.05, 3.63) is 34.5 Å². The summed E-state index contributed by atoms with van der Waals surface area (Å²) >= 11 is 0. The van der Waals surface area contributed by atoms with E-state index in [1.807, 2.05) is 20.0 Å². The lowest BCUT2D eigenvalue weighted by Crippen LogP contribution is -2.35. The molecule has 134 valence electrons. The molecule has 0 unspecified atom stereocenters. The molecule has 0 aromatic carbocycles. The zero-order chi connectivity index (χ0) is 17.8. The molecule has 1 saturated heterocycles. The smallest absolute Gasteiger partial charge is 0.252 e. The molecule has 25 heavy (non-hydrogen) atoms. The Labute approximate surface area is 145 Å². The van der Waals surface area contributed by atoms with Crippen LogP contribution in [0.3, 0.4) is 0 Å². The number of aromatic nitrogens is 4. The second-order valence-corrected chi connectivity index (χ2v) is 6.07. The van der Waals surface area contributed by atoms with Gasteiger partial charge in [-0.15, -0.1) is 0 Å². The van der Waals surface area contributed by atoms with Gasteiger partial charge in [0.2, 0.25) is 11.8 Å². The van der Waals surface area contributed by atoms with Gasteiger partial charge in [0.15, 0.2) is 0 Å². The number of nitrogens with one attached hydrogen (secondary N) is 1. The molecule has 9 nitrogen and oxygen atoms in total. The fourth-order valence-electron chi connectivity index (χ4n) is 3.03. The molecule has 0 aliphatic carbocycles. The van der Waals surface area contributed by atoms with Gasteiger partial charge in [0.25, 0.3) is 5.56 Å². The van der Waals surface area contributed by atoms with Gasteiger partial charge in [-0.1, -0.05) is 0 Å². The number of hydrogen-bond acceptors (Lipinski definition) is 8. The van der Waals surface area contributed by atoms with E-state index in [1.165, 1.54) is 12.4 Å². The van der Waals surface area contributed by atoms with Crippen molar-refractivity contribution in [2.45, 2.75) is 25.9 Å². The molecule has 0 bridgehead atoms. The molecule has 1 fully saturated rings. The lowest BCUT2D eigenvalue weighted by atomic mass is 10.2. The number of likely N-dealkylation sites (N-methyl/N-ethyl adjacent to an activating group) is 1. The summed E-state index contributed by atoms with van der Waals surface area (Å²) in [5, 5.41) is 0. The molecule has 0 spiro atoms. The standard InChI is InChI=1S/C16H23N7O2/c1-3-25-15-7-13(18-10-19-15)23-5-4-12(9-23)22(2)8-11-6-14(24)21-16(17)20-11/h6-7,10,12H,3-5,8-9H2,1-2H3,(H3,17,20,21,24)/t12-/m0/s1. The van der Waals surface area contributed by atoms with Crippen LogP contribution >= 0.6 is 0 Å². The molecule has 3 rings (SSSR count). The first-order valence-electron chi connectivity index (χ1n) is 8.31. The fraction of sp³-hybridized carbons (Fsp3) is 0.500. The van der Waals surface area contributed by atoms with E-state index >= 15 is 0 Å². The summed E-state index contributed by atoms with van der Waals surface area (Å²) in [6.45, 7) is 4.83. The quantitative estimate of drug-likeness (QED) is 0.766. The van der Waals surface area contributed by atoms with Crippen molar-refractivity contribution in [1.82, 2.24) is 24.8 Å². The highest BCUT2D eigenvalue weighted by Crippen LogP contribution is 2.23. The average molecular weight is 345 g/mol. The van der Waals surface area contributed by atoms with Gasteiger partial charge in [0, 0.05) is 37.8 Å². The van der Waals surface area contributed by atoms with Crippen molar-refractivity contribution < 1.29 is 4.74 Å². The third-order valence-corrected chi connectivity index (χ3v) is 4.25. The van der Waals surface area contributed by atoms with Crippen molar-refractivity contribution in [3.63, 3.8) is 0 Å². The normalized spacial score (nSPS) is 17.2. The third-order valence-electron chi connectivity index (χ3n) is 4.25. The molecule has 0 saturated carbocycles. The predicted octanol–water partition coefficient (Wildman–Crippen LogP) is 0.252. The van der Waals surface area contributed by atoms with E-state index in [0.717, 1.165) is 25.3 Å². The molecule has 1 aliphatic rings. The van der Waals surface area contributed by atoms with Gasteiger partial charge in [-0.3, -0.25) is 14.7 Å². The van der Waals surface area contributed by atoms with Crippen LogP contribution < -0.4 is 20.9 Å². The first kappa shape index (κ1) is 17.2. The first-order valence-corrected chi connectivity index (χ1v) is 8.31. The van der Waals surface area contributed by atoms with Gasteiger partial charge in [0.1, 0.15) is 12.1 Å². The molecule has 0 amide bonds. The van der Waals surface area contributed by atoms with Crippen molar-refractivity contribution in [2.24, 2.45) is 0 Å². The first-order chi connectivity index (χ1) is 12.0. The zero-order valence-corrected chi connectivity index (χ0v) is 14.5. The summed E-state index contributed by atoms with van der Waals surface area (Å²) in [4.78, 5) is 31.0. The van der Waals surface area contributed by atoms with Crippen LogP contribution in [0, 0.1) is 0 Å². The minimum atomic E-state index is -0.228. The lowest BCUT2D eigenvalue weighted by molar-refractivity contribution is 0.247. The Morgan fingerprint density at radius 1 is 1.44 bits per heavy atom. The van der Waals surface area contributed by atoms with Crippen LogP contribution in [0.5, 0.6) is 5.88 Å². The van der Waals surface area contributed by atoms with Gasteiger partial charge in [-0.05, 0) is 20.4 Å². The van der Waals surface area contributed by atoms with Crippen LogP contribution in [0.2, 0.25) is 0 Å². The zero-order valence-electron chi connectivity index (χ0n) is 14.5.